The van der Waals surface area contributed by atoms with E-state index in [1.165, 1.54) is 31.4 Å². The number of rotatable bonds is 6. The Morgan fingerprint density at radius 2 is 2.03 bits per heavy atom. The molecule has 0 aliphatic heterocycles. The van der Waals surface area contributed by atoms with E-state index in [0.717, 1.165) is 4.68 Å². The fraction of sp³-hybridized carbons (Fsp3) is 0.455. The number of sulfone groups is 1. The number of amides is 1. The summed E-state index contributed by atoms with van der Waals surface area (Å²) >= 11 is 6.35. The number of ether oxygens (including phenoxy) is 1. The predicted octanol–water partition coefficient (Wildman–Crippen LogP) is 1.93. The number of hydrogen-bond acceptors (Lipinski definition) is 7. The third-order valence-corrected chi connectivity index (χ3v) is 8.92. The summed E-state index contributed by atoms with van der Waals surface area (Å²) in [5.41, 5.74) is -0.247. The van der Waals surface area contributed by atoms with Crippen molar-refractivity contribution < 1.29 is 17.9 Å². The largest absolute Gasteiger partial charge is 0.381 e. The molecule has 33 heavy (non-hydrogen) atoms. The first kappa shape index (κ1) is 23.4. The Hall–Kier alpha value is -2.74. The normalized spacial score (nSPS) is 23.6. The molecule has 2 aliphatic carbocycles. The van der Waals surface area contributed by atoms with E-state index in [1.54, 1.807) is 13.0 Å². The van der Waals surface area contributed by atoms with E-state index in [-0.39, 0.29) is 34.2 Å². The lowest BCUT2D eigenvalue weighted by molar-refractivity contribution is -0.128. The number of halogens is 1. The fourth-order valence-corrected chi connectivity index (χ4v) is 6.53. The molecule has 0 saturated heterocycles. The van der Waals surface area contributed by atoms with Crippen LogP contribution in [-0.2, 0) is 19.4 Å². The minimum absolute atomic E-state index is 0.0361. The number of nitriles is 1. The summed E-state index contributed by atoms with van der Waals surface area (Å²) in [6.45, 7) is 1.73. The van der Waals surface area contributed by atoms with Crippen LogP contribution in [-0.4, -0.2) is 48.1 Å². The van der Waals surface area contributed by atoms with Crippen LogP contribution in [0.4, 0.5) is 0 Å². The molecular weight excluding hydrogens is 468 g/mol. The van der Waals surface area contributed by atoms with Crippen LogP contribution in [0.25, 0.3) is 5.69 Å². The van der Waals surface area contributed by atoms with Crippen molar-refractivity contribution in [1.29, 1.82) is 5.26 Å². The van der Waals surface area contributed by atoms with E-state index in [1.807, 2.05) is 0 Å². The molecule has 2 aromatic rings. The highest BCUT2D eigenvalue weighted by atomic mass is 35.5. The second-order valence-electron chi connectivity index (χ2n) is 8.54. The standard InChI is InChI=1S/C22H23ClN4O5S/c1-13-3-6-20(28)27(26-13)14-4-5-19(17(23)9-14)33(30,31)15-10-16(18(11-15)32-2)21(29)25-22(12-24)7-8-22/h3-6,9,15-16,18H,7-8,10-11H2,1-2H3,(H,25,29)/t15-,16-,18-/m1/s1. The zero-order chi connectivity index (χ0) is 24.0. The molecule has 3 atom stereocenters. The first-order chi connectivity index (χ1) is 15.6. The average Bonchev–Trinajstić information content (AvgIpc) is 3.40. The summed E-state index contributed by atoms with van der Waals surface area (Å²) in [7, 11) is -2.46. The Balaban J connectivity index is 1.59. The van der Waals surface area contributed by atoms with Gasteiger partial charge >= 0.3 is 0 Å². The van der Waals surface area contributed by atoms with E-state index in [4.69, 9.17) is 16.3 Å². The van der Waals surface area contributed by atoms with Crippen LogP contribution in [0.1, 0.15) is 31.4 Å². The summed E-state index contributed by atoms with van der Waals surface area (Å²) < 4.78 is 33.4. The number of hydrogen-bond donors (Lipinski definition) is 1. The predicted molar refractivity (Wildman–Crippen MR) is 120 cm³/mol. The topological polar surface area (TPSA) is 131 Å². The number of aromatic nitrogens is 2. The summed E-state index contributed by atoms with van der Waals surface area (Å²) in [5.74, 6) is -1.06. The van der Waals surface area contributed by atoms with Crippen LogP contribution in [0.3, 0.4) is 0 Å². The van der Waals surface area contributed by atoms with E-state index >= 15 is 0 Å². The van der Waals surface area contributed by atoms with Crippen LogP contribution in [0.5, 0.6) is 0 Å². The smallest absolute Gasteiger partial charge is 0.271 e. The molecule has 2 saturated carbocycles. The van der Waals surface area contributed by atoms with Crippen LogP contribution >= 0.6 is 11.6 Å². The van der Waals surface area contributed by atoms with Crippen molar-refractivity contribution in [2.24, 2.45) is 5.92 Å². The van der Waals surface area contributed by atoms with Gasteiger partial charge in [-0.1, -0.05) is 11.6 Å². The Morgan fingerprint density at radius 1 is 1.30 bits per heavy atom. The number of carbonyl (C=O) groups is 1. The van der Waals surface area contributed by atoms with Gasteiger partial charge in [-0.15, -0.1) is 0 Å². The molecule has 0 spiro atoms. The molecule has 9 nitrogen and oxygen atoms in total. The van der Waals surface area contributed by atoms with E-state index < -0.39 is 32.6 Å². The summed E-state index contributed by atoms with van der Waals surface area (Å²) in [6, 6.07) is 9.27. The highest BCUT2D eigenvalue weighted by Gasteiger charge is 2.50. The number of benzene rings is 1. The zero-order valence-corrected chi connectivity index (χ0v) is 19.7. The van der Waals surface area contributed by atoms with Gasteiger partial charge in [-0.2, -0.15) is 15.0 Å². The maximum Gasteiger partial charge on any atom is 0.271 e. The maximum absolute atomic E-state index is 13.4. The number of nitrogens with one attached hydrogen (secondary N) is 1. The van der Waals surface area contributed by atoms with Gasteiger partial charge in [0.2, 0.25) is 5.91 Å². The molecule has 2 fully saturated rings. The Morgan fingerprint density at radius 3 is 2.64 bits per heavy atom. The molecule has 2 aliphatic rings. The monoisotopic (exact) mass is 490 g/mol. The number of nitrogens with zero attached hydrogens (tertiary/aromatic N) is 3. The van der Waals surface area contributed by atoms with Gasteiger partial charge < -0.3 is 10.1 Å². The van der Waals surface area contributed by atoms with Crippen LogP contribution < -0.4 is 10.9 Å². The molecule has 0 radical (unpaired) electrons. The third kappa shape index (κ3) is 4.40. The molecule has 1 N–H and O–H groups in total. The summed E-state index contributed by atoms with van der Waals surface area (Å²) in [6.07, 6.45) is 0.774. The summed E-state index contributed by atoms with van der Waals surface area (Å²) in [5, 5.41) is 15.2. The molecule has 1 amide bonds. The number of aryl methyl sites for hydroxylation is 1. The van der Waals surface area contributed by atoms with Gasteiger partial charge in [0.25, 0.3) is 5.56 Å². The van der Waals surface area contributed by atoms with Crippen molar-refractivity contribution in [3.8, 4) is 11.8 Å². The van der Waals surface area contributed by atoms with Gasteiger partial charge in [0.1, 0.15) is 5.54 Å². The van der Waals surface area contributed by atoms with Gasteiger partial charge in [0.15, 0.2) is 9.84 Å². The first-order valence-corrected chi connectivity index (χ1v) is 12.4. The Bertz CT molecular complexity index is 1310. The molecule has 0 bridgehead atoms. The summed E-state index contributed by atoms with van der Waals surface area (Å²) in [4.78, 5) is 24.8. The number of carbonyl (C=O) groups excluding carboxylic acids is 1. The highest BCUT2D eigenvalue weighted by Crippen LogP contribution is 2.40. The molecule has 174 valence electrons. The van der Waals surface area contributed by atoms with Gasteiger partial charge in [-0.25, -0.2) is 8.42 Å². The zero-order valence-electron chi connectivity index (χ0n) is 18.1. The molecule has 0 unspecified atom stereocenters. The number of methoxy groups -OCH3 is 1. The molecular formula is C22H23ClN4O5S. The van der Waals surface area contributed by atoms with Gasteiger partial charge in [0.05, 0.1) is 44.6 Å². The van der Waals surface area contributed by atoms with Crippen molar-refractivity contribution in [3.63, 3.8) is 0 Å². The van der Waals surface area contributed by atoms with Gasteiger partial charge in [0, 0.05) is 13.2 Å². The van der Waals surface area contributed by atoms with Crippen LogP contribution in [0.15, 0.2) is 40.0 Å². The maximum atomic E-state index is 13.4. The highest BCUT2D eigenvalue weighted by molar-refractivity contribution is 7.92. The Labute approximate surface area is 196 Å². The lowest BCUT2D eigenvalue weighted by atomic mass is 10.0. The van der Waals surface area contributed by atoms with E-state index in [0.29, 0.717) is 24.2 Å². The average molecular weight is 491 g/mol. The molecule has 1 aromatic carbocycles. The molecule has 4 rings (SSSR count). The van der Waals surface area contributed by atoms with Crippen LogP contribution in [0, 0.1) is 24.2 Å². The van der Waals surface area contributed by atoms with E-state index in [9.17, 15) is 23.3 Å². The SMILES string of the molecule is CO[C@@H]1C[C@H](S(=O)(=O)c2ccc(-n3nc(C)ccc3=O)cc2Cl)C[C@H]1C(=O)NC1(C#N)CC1. The second kappa shape index (κ2) is 8.56. The minimum Gasteiger partial charge on any atom is -0.381 e. The quantitative estimate of drug-likeness (QED) is 0.654. The molecule has 1 heterocycles. The molecule has 1 aromatic heterocycles. The van der Waals surface area contributed by atoms with Crippen molar-refractivity contribution in [2.45, 2.75) is 54.4 Å². The second-order valence-corrected chi connectivity index (χ2v) is 11.1. The molecule has 11 heteroatoms. The van der Waals surface area contributed by atoms with Crippen LogP contribution in [0.2, 0.25) is 5.02 Å². The lowest BCUT2D eigenvalue weighted by Gasteiger charge is -2.19. The van der Waals surface area contributed by atoms with Crippen molar-refractivity contribution in [2.75, 3.05) is 7.11 Å². The lowest BCUT2D eigenvalue weighted by Crippen LogP contribution is -2.42. The van der Waals surface area contributed by atoms with Crippen molar-refractivity contribution >= 4 is 27.3 Å². The van der Waals surface area contributed by atoms with E-state index in [2.05, 4.69) is 16.5 Å². The van der Waals surface area contributed by atoms with Crippen molar-refractivity contribution in [3.05, 3.63) is 51.4 Å². The fourth-order valence-electron chi connectivity index (χ4n) is 4.18. The Kier molecular flexibility index (Phi) is 6.07. The first-order valence-electron chi connectivity index (χ1n) is 10.5. The van der Waals surface area contributed by atoms with Gasteiger partial charge in [-0.3, -0.25) is 9.59 Å². The minimum atomic E-state index is -3.89. The van der Waals surface area contributed by atoms with Crippen molar-refractivity contribution in [1.82, 2.24) is 15.1 Å². The third-order valence-electron chi connectivity index (χ3n) is 6.27. The van der Waals surface area contributed by atoms with Gasteiger partial charge in [-0.05, 0) is 56.9 Å².